The summed E-state index contributed by atoms with van der Waals surface area (Å²) < 4.78 is 24.2. The van der Waals surface area contributed by atoms with Crippen LogP contribution in [0.3, 0.4) is 0 Å². The number of anilines is 1. The number of nitrogens with zero attached hydrogens (tertiary/aromatic N) is 3. The molecule has 10 nitrogen and oxygen atoms in total. The lowest BCUT2D eigenvalue weighted by Gasteiger charge is -2.30. The predicted octanol–water partition coefficient (Wildman–Crippen LogP) is 5.97. The van der Waals surface area contributed by atoms with Gasteiger partial charge in [0.15, 0.2) is 0 Å². The molecule has 1 heterocycles. The maximum Gasteiger partial charge on any atom is 0.435 e. The highest BCUT2D eigenvalue weighted by molar-refractivity contribution is 5.90. The lowest BCUT2D eigenvalue weighted by Crippen LogP contribution is -2.41. The average Bonchev–Trinajstić information content (AvgIpc) is 3.22. The van der Waals surface area contributed by atoms with Crippen LogP contribution in [0.25, 0.3) is 10.9 Å². The van der Waals surface area contributed by atoms with Gasteiger partial charge in [0.2, 0.25) is 0 Å². The largest absolute Gasteiger partial charge is 0.492 e. The van der Waals surface area contributed by atoms with E-state index < -0.39 is 29.5 Å². The maximum atomic E-state index is 13.1. The topological polar surface area (TPSA) is 118 Å². The first-order chi connectivity index (χ1) is 18.7. The second-order valence-electron chi connectivity index (χ2n) is 11.5. The van der Waals surface area contributed by atoms with E-state index in [1.807, 2.05) is 78.8 Å². The molecular weight excluding hydrogens is 512 g/mol. The number of carbonyl (C=O) groups excluding carboxylic acids is 2. The van der Waals surface area contributed by atoms with Gasteiger partial charge in [0.25, 0.3) is 0 Å². The Labute approximate surface area is 236 Å². The Bertz CT molecular complexity index is 1320. The zero-order valence-electron chi connectivity index (χ0n) is 24.8. The summed E-state index contributed by atoms with van der Waals surface area (Å²) in [5.41, 5.74) is 7.47. The number of carbonyl (C=O) groups is 2. The minimum atomic E-state index is -0.669. The number of methoxy groups -OCH3 is 1. The van der Waals surface area contributed by atoms with E-state index in [4.69, 9.17) is 24.7 Å². The van der Waals surface area contributed by atoms with Crippen molar-refractivity contribution in [1.29, 1.82) is 0 Å². The van der Waals surface area contributed by atoms with E-state index in [0.717, 1.165) is 16.6 Å². The second kappa shape index (κ2) is 12.6. The lowest BCUT2D eigenvalue weighted by molar-refractivity contribution is 0.00509. The Hall–Kier alpha value is -3.79. The molecule has 2 aromatic carbocycles. The highest BCUT2D eigenvalue weighted by atomic mass is 16.6. The van der Waals surface area contributed by atoms with Gasteiger partial charge in [-0.2, -0.15) is 9.78 Å². The Kier molecular flexibility index (Phi) is 9.68. The van der Waals surface area contributed by atoms with Crippen molar-refractivity contribution in [2.24, 2.45) is 0 Å². The summed E-state index contributed by atoms with van der Waals surface area (Å²) in [6.07, 6.45) is -0.792. The minimum absolute atomic E-state index is 0.180. The molecule has 1 atom stereocenters. The summed E-state index contributed by atoms with van der Waals surface area (Å²) in [6, 6.07) is 12.8. The molecule has 2 N–H and O–H groups in total. The van der Waals surface area contributed by atoms with E-state index in [9.17, 15) is 9.59 Å². The van der Waals surface area contributed by atoms with Crippen molar-refractivity contribution in [1.82, 2.24) is 14.7 Å². The van der Waals surface area contributed by atoms with Gasteiger partial charge in [-0.15, -0.1) is 0 Å². The van der Waals surface area contributed by atoms with Crippen molar-refractivity contribution in [3.63, 3.8) is 0 Å². The van der Waals surface area contributed by atoms with Crippen LogP contribution in [0.15, 0.2) is 42.5 Å². The Morgan fingerprint density at radius 2 is 1.73 bits per heavy atom. The van der Waals surface area contributed by atoms with Crippen LogP contribution in [-0.2, 0) is 20.6 Å². The average molecular weight is 555 g/mol. The number of hydrogen-bond donors (Lipinski definition) is 1. The quantitative estimate of drug-likeness (QED) is 0.322. The molecule has 3 aromatic rings. The van der Waals surface area contributed by atoms with Crippen molar-refractivity contribution in [2.45, 2.75) is 72.2 Å². The number of aryl methyl sites for hydroxylation is 1. The standard InChI is InChI=1S/C30H42N4O6/c1-9-24-23-14-13-22(18-25(23)34(32-24)28(36)40-30(5,6)7)38-16-15-33(27(35)39-29(2,3)4)19-26(37-8)20-11-10-12-21(31)17-20/h10-14,17-18,26H,9,15-16,19,31H2,1-8H3/t26-/m0/s1. The summed E-state index contributed by atoms with van der Waals surface area (Å²) in [5, 5.41) is 5.32. The third-order valence-corrected chi connectivity index (χ3v) is 5.87. The predicted molar refractivity (Wildman–Crippen MR) is 155 cm³/mol. The minimum Gasteiger partial charge on any atom is -0.492 e. The fourth-order valence-corrected chi connectivity index (χ4v) is 4.09. The molecule has 1 aromatic heterocycles. The zero-order valence-corrected chi connectivity index (χ0v) is 24.8. The molecule has 0 bridgehead atoms. The monoisotopic (exact) mass is 554 g/mol. The van der Waals surface area contributed by atoms with Crippen LogP contribution in [0.5, 0.6) is 5.75 Å². The molecule has 0 aliphatic heterocycles. The van der Waals surface area contributed by atoms with Gasteiger partial charge in [-0.3, -0.25) is 0 Å². The van der Waals surface area contributed by atoms with Crippen LogP contribution in [0, 0.1) is 0 Å². The Balaban J connectivity index is 1.80. The summed E-state index contributed by atoms with van der Waals surface area (Å²) in [6.45, 7) is 13.5. The highest BCUT2D eigenvalue weighted by Crippen LogP contribution is 2.26. The molecule has 3 rings (SSSR count). The fraction of sp³-hybridized carbons (Fsp3) is 0.500. The van der Waals surface area contributed by atoms with Gasteiger partial charge in [-0.1, -0.05) is 19.1 Å². The van der Waals surface area contributed by atoms with E-state index in [0.29, 0.717) is 23.4 Å². The summed E-state index contributed by atoms with van der Waals surface area (Å²) in [5.74, 6) is 0.531. The maximum absolute atomic E-state index is 13.1. The number of hydrogen-bond acceptors (Lipinski definition) is 8. The first kappa shape index (κ1) is 30.7. The van der Waals surface area contributed by atoms with Gasteiger partial charge in [-0.05, 0) is 77.8 Å². The normalized spacial score (nSPS) is 12.7. The number of ether oxygens (including phenoxy) is 4. The van der Waals surface area contributed by atoms with E-state index in [1.54, 1.807) is 24.1 Å². The molecule has 1 amide bonds. The molecule has 0 aliphatic rings. The second-order valence-corrected chi connectivity index (χ2v) is 11.5. The number of fused-ring (bicyclic) bond motifs is 1. The first-order valence-corrected chi connectivity index (χ1v) is 13.4. The molecule has 0 unspecified atom stereocenters. The van der Waals surface area contributed by atoms with Gasteiger partial charge >= 0.3 is 12.2 Å². The van der Waals surface area contributed by atoms with Gasteiger partial charge in [-0.25, -0.2) is 9.59 Å². The van der Waals surface area contributed by atoms with Crippen LogP contribution in [0.4, 0.5) is 15.3 Å². The summed E-state index contributed by atoms with van der Waals surface area (Å²) in [7, 11) is 1.59. The third kappa shape index (κ3) is 8.35. The third-order valence-electron chi connectivity index (χ3n) is 5.87. The van der Waals surface area contributed by atoms with E-state index in [-0.39, 0.29) is 19.7 Å². The van der Waals surface area contributed by atoms with Crippen LogP contribution >= 0.6 is 0 Å². The van der Waals surface area contributed by atoms with E-state index in [1.165, 1.54) is 4.68 Å². The molecule has 218 valence electrons. The van der Waals surface area contributed by atoms with Crippen molar-refractivity contribution < 1.29 is 28.5 Å². The zero-order chi connectivity index (χ0) is 29.7. The molecule has 40 heavy (non-hydrogen) atoms. The van der Waals surface area contributed by atoms with Gasteiger partial charge in [0.1, 0.15) is 23.6 Å². The number of aromatic nitrogens is 2. The molecular formula is C30H42N4O6. The van der Waals surface area contributed by atoms with Crippen molar-refractivity contribution >= 4 is 28.8 Å². The number of amides is 1. The lowest BCUT2D eigenvalue weighted by atomic mass is 10.1. The van der Waals surface area contributed by atoms with Crippen LogP contribution in [0.1, 0.15) is 65.8 Å². The van der Waals surface area contributed by atoms with Crippen molar-refractivity contribution in [2.75, 3.05) is 32.5 Å². The number of rotatable bonds is 9. The van der Waals surface area contributed by atoms with E-state index >= 15 is 0 Å². The number of nitrogen functional groups attached to an aromatic ring is 1. The van der Waals surface area contributed by atoms with Gasteiger partial charge in [0.05, 0.1) is 30.4 Å². The van der Waals surface area contributed by atoms with Crippen LogP contribution in [-0.4, -0.2) is 64.9 Å². The van der Waals surface area contributed by atoms with Crippen molar-refractivity contribution in [3.8, 4) is 5.75 Å². The van der Waals surface area contributed by atoms with E-state index in [2.05, 4.69) is 5.10 Å². The van der Waals surface area contributed by atoms with Gasteiger partial charge in [0, 0.05) is 24.2 Å². The molecule has 0 spiro atoms. The molecule has 0 saturated carbocycles. The summed E-state index contributed by atoms with van der Waals surface area (Å²) >= 11 is 0. The van der Waals surface area contributed by atoms with Crippen LogP contribution in [0.2, 0.25) is 0 Å². The smallest absolute Gasteiger partial charge is 0.435 e. The first-order valence-electron chi connectivity index (χ1n) is 13.4. The van der Waals surface area contributed by atoms with Crippen LogP contribution < -0.4 is 10.5 Å². The molecule has 0 saturated heterocycles. The molecule has 0 radical (unpaired) electrons. The fourth-order valence-electron chi connectivity index (χ4n) is 4.09. The Morgan fingerprint density at radius 3 is 2.33 bits per heavy atom. The molecule has 0 fully saturated rings. The Morgan fingerprint density at radius 1 is 1.02 bits per heavy atom. The molecule has 10 heteroatoms. The van der Waals surface area contributed by atoms with Gasteiger partial charge < -0.3 is 29.6 Å². The summed E-state index contributed by atoms with van der Waals surface area (Å²) in [4.78, 5) is 27.5. The van der Waals surface area contributed by atoms with Crippen molar-refractivity contribution in [3.05, 3.63) is 53.7 Å². The number of benzene rings is 2. The number of nitrogens with two attached hydrogens (primary N) is 1. The highest BCUT2D eigenvalue weighted by Gasteiger charge is 2.26. The SMILES string of the molecule is CCc1nn(C(=O)OC(C)(C)C)c2cc(OCCN(C[C@H](OC)c3cccc(N)c3)C(=O)OC(C)(C)C)ccc12. The molecule has 0 aliphatic carbocycles.